The van der Waals surface area contributed by atoms with Gasteiger partial charge in [-0.05, 0) is 4.92 Å². The Morgan fingerprint density at radius 1 is 1.50 bits per heavy atom. The van der Waals surface area contributed by atoms with Crippen molar-refractivity contribution in [2.75, 3.05) is 0 Å². The van der Waals surface area contributed by atoms with Gasteiger partial charge in [0, 0.05) is 0 Å². The Balaban J connectivity index is 2.68. The molecule has 9 nitrogen and oxygen atoms in total. The normalized spacial score (nSPS) is 10.3. The van der Waals surface area contributed by atoms with Gasteiger partial charge in [0.2, 0.25) is 26.9 Å². The number of oxazole rings is 1. The maximum absolute atomic E-state index is 11.2. The minimum absolute atomic E-state index is 0.113. The average molecular weight is 270 g/mol. The lowest BCUT2D eigenvalue weighted by atomic mass is 10.4. The maximum Gasteiger partial charge on any atom is 0.342 e. The summed E-state index contributed by atoms with van der Waals surface area (Å²) in [5.74, 6) is -0.621. The lowest BCUT2D eigenvalue weighted by Crippen LogP contribution is -2.12. The molecule has 0 fully saturated rings. The molecule has 0 bridgehead atoms. The third-order valence-corrected chi connectivity index (χ3v) is 2.84. The number of hydrogen-bond donors (Lipinski definition) is 0. The fourth-order valence-corrected chi connectivity index (χ4v) is 1.94. The Morgan fingerprint density at radius 2 is 2.22 bits per heavy atom. The summed E-state index contributed by atoms with van der Waals surface area (Å²) in [6.07, 6.45) is 3.42. The highest BCUT2D eigenvalue weighted by molar-refractivity contribution is 7.73. The van der Waals surface area contributed by atoms with Gasteiger partial charge in [-0.25, -0.2) is 14.5 Å². The van der Waals surface area contributed by atoms with Crippen molar-refractivity contribution in [3.05, 3.63) is 40.5 Å². The first-order valence-corrected chi connectivity index (χ1v) is 5.62. The molecule has 94 valence electrons. The van der Waals surface area contributed by atoms with E-state index in [9.17, 15) is 18.5 Å². The number of hydrogen-bond acceptors (Lipinski definition) is 7. The fraction of sp³-hybridized carbons (Fsp3) is 0.125. The predicted molar refractivity (Wildman–Crippen MR) is 58.5 cm³/mol. The highest BCUT2D eigenvalue weighted by atomic mass is 32.2. The van der Waals surface area contributed by atoms with E-state index >= 15 is 0 Å². The topological polar surface area (TPSA) is 121 Å². The molecule has 2 heterocycles. The Kier molecular flexibility index (Phi) is 2.93. The Bertz CT molecular complexity index is 720. The molecule has 0 radical (unpaired) electrons. The number of imidazole rings is 1. The van der Waals surface area contributed by atoms with Crippen LogP contribution in [0.3, 0.4) is 0 Å². The molecule has 0 saturated carbocycles. The van der Waals surface area contributed by atoms with Gasteiger partial charge in [0.1, 0.15) is 12.5 Å². The summed E-state index contributed by atoms with van der Waals surface area (Å²) >= 11 is 0. The SMILES string of the molecule is Cn1c([N+](=O)[O-])cnc1C(c1ncco1)=S(=O)=O. The monoisotopic (exact) mass is 270 g/mol. The van der Waals surface area contributed by atoms with Crippen LogP contribution in [0.4, 0.5) is 5.82 Å². The lowest BCUT2D eigenvalue weighted by Gasteiger charge is -1.96. The molecular formula is C8H6N4O5S. The molecule has 0 unspecified atom stereocenters. The van der Waals surface area contributed by atoms with Crippen molar-refractivity contribution in [1.29, 1.82) is 0 Å². The molecule has 2 rings (SSSR count). The smallest absolute Gasteiger partial charge is 0.342 e. The van der Waals surface area contributed by atoms with Gasteiger partial charge in [-0.15, -0.1) is 0 Å². The van der Waals surface area contributed by atoms with Gasteiger partial charge in [-0.2, -0.15) is 8.42 Å². The molecule has 0 aliphatic heterocycles. The fourth-order valence-electron chi connectivity index (χ4n) is 1.36. The molecule has 2 aromatic heterocycles. The summed E-state index contributed by atoms with van der Waals surface area (Å²) in [5.41, 5.74) is 0. The molecule has 0 spiro atoms. The van der Waals surface area contributed by atoms with Crippen LogP contribution in [0, 0.1) is 10.1 Å². The van der Waals surface area contributed by atoms with Gasteiger partial charge < -0.3 is 14.5 Å². The van der Waals surface area contributed by atoms with Crippen LogP contribution in [0.1, 0.15) is 11.7 Å². The zero-order chi connectivity index (χ0) is 13.3. The van der Waals surface area contributed by atoms with Crippen LogP contribution in [-0.2, 0) is 17.3 Å². The standard InChI is InChI=1S/C8H6N4O5S/c1-11-5(12(13)14)4-10-7(11)6(18(15)16)8-9-2-3-17-8/h2-4H,1H3. The molecule has 0 atom stereocenters. The van der Waals surface area contributed by atoms with E-state index in [4.69, 9.17) is 4.42 Å². The number of aromatic nitrogens is 3. The zero-order valence-corrected chi connectivity index (χ0v) is 9.79. The number of nitro groups is 1. The third kappa shape index (κ3) is 1.88. The summed E-state index contributed by atoms with van der Waals surface area (Å²) in [7, 11) is -1.36. The van der Waals surface area contributed by atoms with Crippen LogP contribution in [0.5, 0.6) is 0 Å². The van der Waals surface area contributed by atoms with E-state index in [-0.39, 0.29) is 22.4 Å². The summed E-state index contributed by atoms with van der Waals surface area (Å²) in [5, 5.41) is 10.7. The number of rotatable bonds is 3. The number of nitrogens with zero attached hydrogens (tertiary/aromatic N) is 4. The first kappa shape index (κ1) is 12.0. The second-order valence-electron chi connectivity index (χ2n) is 3.16. The largest absolute Gasteiger partial charge is 0.444 e. The zero-order valence-electron chi connectivity index (χ0n) is 8.97. The van der Waals surface area contributed by atoms with Crippen LogP contribution in [0.15, 0.2) is 23.1 Å². The van der Waals surface area contributed by atoms with Gasteiger partial charge in [-0.1, -0.05) is 0 Å². The molecule has 2 aromatic rings. The van der Waals surface area contributed by atoms with Crippen LogP contribution >= 0.6 is 0 Å². The van der Waals surface area contributed by atoms with Crippen molar-refractivity contribution in [1.82, 2.24) is 14.5 Å². The van der Waals surface area contributed by atoms with Crippen molar-refractivity contribution >= 4 is 21.0 Å². The lowest BCUT2D eigenvalue weighted by molar-refractivity contribution is -0.391. The molecule has 18 heavy (non-hydrogen) atoms. The second kappa shape index (κ2) is 4.41. The quantitative estimate of drug-likeness (QED) is 0.326. The molecule has 0 N–H and O–H groups in total. The van der Waals surface area contributed by atoms with Crippen molar-refractivity contribution in [3.63, 3.8) is 0 Å². The van der Waals surface area contributed by atoms with E-state index in [1.165, 1.54) is 19.5 Å². The summed E-state index contributed by atoms with van der Waals surface area (Å²) in [4.78, 5) is 17.0. The van der Waals surface area contributed by atoms with Gasteiger partial charge in [0.15, 0.2) is 0 Å². The van der Waals surface area contributed by atoms with Gasteiger partial charge in [0.25, 0.3) is 0 Å². The van der Waals surface area contributed by atoms with Crippen LogP contribution < -0.4 is 0 Å². The highest BCUT2D eigenvalue weighted by Crippen LogP contribution is 2.14. The van der Waals surface area contributed by atoms with Gasteiger partial charge in [-0.3, -0.25) is 0 Å². The molecular weight excluding hydrogens is 264 g/mol. The maximum atomic E-state index is 11.2. The van der Waals surface area contributed by atoms with Crippen LogP contribution in [0.25, 0.3) is 0 Å². The minimum Gasteiger partial charge on any atom is -0.444 e. The van der Waals surface area contributed by atoms with Crippen molar-refractivity contribution < 1.29 is 17.8 Å². The first-order valence-electron chi connectivity index (χ1n) is 4.55. The molecule has 0 saturated heterocycles. The molecule has 0 aliphatic rings. The Hall–Kier alpha value is -2.49. The highest BCUT2D eigenvalue weighted by Gasteiger charge is 2.26. The molecule has 0 aliphatic carbocycles. The van der Waals surface area contributed by atoms with Crippen molar-refractivity contribution in [3.8, 4) is 0 Å². The molecule has 10 heteroatoms. The van der Waals surface area contributed by atoms with E-state index in [0.717, 1.165) is 10.8 Å². The van der Waals surface area contributed by atoms with Crippen LogP contribution in [-0.4, -0.2) is 32.7 Å². The summed E-state index contributed by atoms with van der Waals surface area (Å²) < 4.78 is 28.2. The van der Waals surface area contributed by atoms with E-state index < -0.39 is 15.2 Å². The molecule has 0 amide bonds. The van der Waals surface area contributed by atoms with E-state index in [1.807, 2.05) is 0 Å². The van der Waals surface area contributed by atoms with E-state index in [0.29, 0.717) is 0 Å². The summed E-state index contributed by atoms with van der Waals surface area (Å²) in [6.45, 7) is 0. The van der Waals surface area contributed by atoms with E-state index in [1.54, 1.807) is 0 Å². The van der Waals surface area contributed by atoms with Crippen molar-refractivity contribution in [2.45, 2.75) is 0 Å². The predicted octanol–water partition coefficient (Wildman–Crippen LogP) is -0.236. The average Bonchev–Trinajstić information content (AvgIpc) is 2.90. The van der Waals surface area contributed by atoms with Crippen LogP contribution in [0.2, 0.25) is 0 Å². The van der Waals surface area contributed by atoms with E-state index in [2.05, 4.69) is 9.97 Å². The van der Waals surface area contributed by atoms with Crippen molar-refractivity contribution in [2.24, 2.45) is 7.05 Å². The van der Waals surface area contributed by atoms with Gasteiger partial charge in [0.05, 0.1) is 13.2 Å². The second-order valence-corrected chi connectivity index (χ2v) is 4.03. The Morgan fingerprint density at radius 3 is 2.67 bits per heavy atom. The Labute approximate surface area is 101 Å². The molecule has 0 aromatic carbocycles. The summed E-state index contributed by atoms with van der Waals surface area (Å²) in [6, 6.07) is 0. The minimum atomic E-state index is -2.69. The first-order chi connectivity index (χ1) is 8.52. The van der Waals surface area contributed by atoms with Gasteiger partial charge >= 0.3 is 5.82 Å². The third-order valence-electron chi connectivity index (χ3n) is 2.15.